The summed E-state index contributed by atoms with van der Waals surface area (Å²) in [6, 6.07) is 8.16. The van der Waals surface area contributed by atoms with Crippen LogP contribution < -0.4 is 9.62 Å². The van der Waals surface area contributed by atoms with E-state index in [1.165, 1.54) is 48.3 Å². The Kier molecular flexibility index (Phi) is 8.68. The number of anilines is 1. The average Bonchev–Trinajstić information content (AvgIpc) is 2.77. The van der Waals surface area contributed by atoms with E-state index in [2.05, 4.69) is 5.32 Å². The van der Waals surface area contributed by atoms with Gasteiger partial charge in [0, 0.05) is 25.7 Å². The van der Waals surface area contributed by atoms with Gasteiger partial charge < -0.3 is 10.2 Å². The molecule has 2 rings (SSSR count). The minimum atomic E-state index is -4.04. The van der Waals surface area contributed by atoms with Crippen molar-refractivity contribution in [3.8, 4) is 0 Å². The summed E-state index contributed by atoms with van der Waals surface area (Å²) in [5.74, 6) is -1.61. The monoisotopic (exact) mass is 494 g/mol. The van der Waals surface area contributed by atoms with Crippen molar-refractivity contribution in [2.75, 3.05) is 24.2 Å². The first-order valence-corrected chi connectivity index (χ1v) is 12.2. The van der Waals surface area contributed by atoms with Gasteiger partial charge in [0.2, 0.25) is 21.8 Å². The number of rotatable bonds is 10. The molecule has 2 aromatic carbocycles. The molecule has 10 nitrogen and oxygen atoms in total. The van der Waals surface area contributed by atoms with Gasteiger partial charge in [-0.3, -0.25) is 24.0 Å². The average molecular weight is 495 g/mol. The second-order valence-electron chi connectivity index (χ2n) is 7.68. The van der Waals surface area contributed by atoms with Gasteiger partial charge in [0.1, 0.15) is 18.4 Å². The minimum Gasteiger partial charge on any atom is -0.357 e. The fraction of sp³-hybridized carbons (Fsp3) is 0.364. The van der Waals surface area contributed by atoms with Crippen LogP contribution in [0.5, 0.6) is 0 Å². The molecule has 1 N–H and O–H groups in total. The number of nitrogens with one attached hydrogen (secondary N) is 1. The maximum Gasteiger partial charge on any atom is 0.271 e. The number of likely N-dealkylation sites (N-methyl/N-ethyl adjacent to an activating group) is 1. The van der Waals surface area contributed by atoms with Crippen LogP contribution >= 0.6 is 0 Å². The number of benzene rings is 2. The second-order valence-corrected chi connectivity index (χ2v) is 9.59. The number of carbonyl (C=O) groups excluding carboxylic acids is 2. The number of nitro groups is 1. The zero-order valence-corrected chi connectivity index (χ0v) is 20.1. The van der Waals surface area contributed by atoms with E-state index in [9.17, 15) is 32.5 Å². The molecule has 0 spiro atoms. The zero-order valence-electron chi connectivity index (χ0n) is 19.3. The molecule has 2 amide bonds. The van der Waals surface area contributed by atoms with Crippen molar-refractivity contribution in [1.29, 1.82) is 0 Å². The van der Waals surface area contributed by atoms with Crippen molar-refractivity contribution in [2.24, 2.45) is 0 Å². The van der Waals surface area contributed by atoms with E-state index >= 15 is 0 Å². The van der Waals surface area contributed by atoms with Crippen LogP contribution in [-0.2, 0) is 26.2 Å². The topological polar surface area (TPSA) is 130 Å². The Morgan fingerprint density at radius 1 is 1.18 bits per heavy atom. The Bertz CT molecular complexity index is 1170. The van der Waals surface area contributed by atoms with Gasteiger partial charge in [0.05, 0.1) is 16.9 Å². The lowest BCUT2D eigenvalue weighted by atomic mass is 10.1. The smallest absolute Gasteiger partial charge is 0.271 e. The Morgan fingerprint density at radius 2 is 1.79 bits per heavy atom. The predicted molar refractivity (Wildman–Crippen MR) is 125 cm³/mol. The molecule has 34 heavy (non-hydrogen) atoms. The summed E-state index contributed by atoms with van der Waals surface area (Å²) in [6.07, 6.45) is 1.13. The van der Waals surface area contributed by atoms with Gasteiger partial charge in [-0.2, -0.15) is 0 Å². The summed E-state index contributed by atoms with van der Waals surface area (Å²) in [5, 5.41) is 13.7. The van der Waals surface area contributed by atoms with Crippen molar-refractivity contribution in [2.45, 2.75) is 32.9 Å². The van der Waals surface area contributed by atoms with Gasteiger partial charge in [-0.25, -0.2) is 12.8 Å². The van der Waals surface area contributed by atoms with Crippen LogP contribution in [0.3, 0.4) is 0 Å². The molecule has 0 aliphatic rings. The quantitative estimate of drug-likeness (QED) is 0.399. The van der Waals surface area contributed by atoms with Crippen molar-refractivity contribution < 1.29 is 27.3 Å². The second kappa shape index (κ2) is 11.1. The first-order chi connectivity index (χ1) is 15.9. The van der Waals surface area contributed by atoms with E-state index in [0.717, 1.165) is 16.6 Å². The molecule has 0 radical (unpaired) electrons. The Labute approximate surface area is 197 Å². The third-order valence-corrected chi connectivity index (χ3v) is 6.38. The fourth-order valence-electron chi connectivity index (χ4n) is 3.45. The number of amides is 2. The standard InChI is InChI=1S/C22H27FN4O6S/c1-5-19(22(29)24-3)25(13-16-7-9-17(23)10-8-16)21(28)14-26(34(4,32)33)20-12-18(27(30)31)11-6-15(20)2/h6-12,19H,5,13-14H2,1-4H3,(H,24,29)/t19-/m1/s1. The molecule has 0 aliphatic heterocycles. The number of non-ortho nitro benzene ring substituents is 1. The van der Waals surface area contributed by atoms with E-state index in [-0.39, 0.29) is 24.3 Å². The number of halogens is 1. The van der Waals surface area contributed by atoms with Crippen molar-refractivity contribution in [1.82, 2.24) is 10.2 Å². The molecule has 0 unspecified atom stereocenters. The highest BCUT2D eigenvalue weighted by atomic mass is 32.2. The van der Waals surface area contributed by atoms with Crippen LogP contribution in [0.25, 0.3) is 0 Å². The van der Waals surface area contributed by atoms with Gasteiger partial charge in [-0.05, 0) is 36.6 Å². The highest BCUT2D eigenvalue weighted by Crippen LogP contribution is 2.28. The molecule has 0 aromatic heterocycles. The maximum atomic E-state index is 13.4. The Morgan fingerprint density at radius 3 is 2.29 bits per heavy atom. The largest absolute Gasteiger partial charge is 0.357 e. The number of nitro benzene ring substituents is 1. The molecule has 2 aromatic rings. The van der Waals surface area contributed by atoms with Crippen molar-refractivity contribution >= 4 is 33.2 Å². The highest BCUT2D eigenvalue weighted by Gasteiger charge is 2.32. The number of sulfonamides is 1. The van der Waals surface area contributed by atoms with E-state index < -0.39 is 45.2 Å². The summed E-state index contributed by atoms with van der Waals surface area (Å²) < 4.78 is 39.4. The van der Waals surface area contributed by atoms with Crippen LogP contribution in [0.4, 0.5) is 15.8 Å². The van der Waals surface area contributed by atoms with E-state index in [1.807, 2.05) is 0 Å². The van der Waals surface area contributed by atoms with Gasteiger partial charge in [0.15, 0.2) is 0 Å². The van der Waals surface area contributed by atoms with Crippen molar-refractivity contribution in [3.63, 3.8) is 0 Å². The molecular weight excluding hydrogens is 467 g/mol. The van der Waals surface area contributed by atoms with Gasteiger partial charge in [-0.15, -0.1) is 0 Å². The normalized spacial score (nSPS) is 12.0. The maximum absolute atomic E-state index is 13.4. The van der Waals surface area contributed by atoms with E-state index in [1.54, 1.807) is 13.8 Å². The molecule has 0 saturated heterocycles. The summed E-state index contributed by atoms with van der Waals surface area (Å²) >= 11 is 0. The van der Waals surface area contributed by atoms with Crippen LogP contribution in [0.15, 0.2) is 42.5 Å². The van der Waals surface area contributed by atoms with Gasteiger partial charge >= 0.3 is 0 Å². The third-order valence-electron chi connectivity index (χ3n) is 5.25. The van der Waals surface area contributed by atoms with Crippen LogP contribution in [0, 0.1) is 22.9 Å². The fourth-order valence-corrected chi connectivity index (χ4v) is 4.35. The van der Waals surface area contributed by atoms with Crippen LogP contribution in [0.2, 0.25) is 0 Å². The summed E-state index contributed by atoms with van der Waals surface area (Å²) in [7, 11) is -2.62. The predicted octanol–water partition coefficient (Wildman–Crippen LogP) is 2.36. The van der Waals surface area contributed by atoms with Gasteiger partial charge in [-0.1, -0.05) is 25.1 Å². The molecule has 0 heterocycles. The van der Waals surface area contributed by atoms with Gasteiger partial charge in [0.25, 0.3) is 5.69 Å². The highest BCUT2D eigenvalue weighted by molar-refractivity contribution is 7.92. The molecule has 12 heteroatoms. The molecular formula is C22H27FN4O6S. The number of nitrogens with zero attached hydrogens (tertiary/aromatic N) is 3. The first-order valence-electron chi connectivity index (χ1n) is 10.4. The van der Waals surface area contributed by atoms with E-state index in [0.29, 0.717) is 11.1 Å². The van der Waals surface area contributed by atoms with Crippen molar-refractivity contribution in [3.05, 3.63) is 69.5 Å². The number of hydrogen-bond acceptors (Lipinski definition) is 6. The minimum absolute atomic E-state index is 0.0141. The molecule has 0 bridgehead atoms. The SMILES string of the molecule is CC[C@H](C(=O)NC)N(Cc1ccc(F)cc1)C(=O)CN(c1cc([N+](=O)[O-])ccc1C)S(C)(=O)=O. The number of aryl methyl sites for hydroxylation is 1. The summed E-state index contributed by atoms with van der Waals surface area (Å²) in [5.41, 5.74) is 0.600. The van der Waals surface area contributed by atoms with Crippen LogP contribution in [0.1, 0.15) is 24.5 Å². The molecule has 0 fully saturated rings. The zero-order chi connectivity index (χ0) is 25.6. The molecule has 0 aliphatic carbocycles. The number of hydrogen-bond donors (Lipinski definition) is 1. The Balaban J connectivity index is 2.51. The lowest BCUT2D eigenvalue weighted by Crippen LogP contribution is -2.51. The van der Waals surface area contributed by atoms with E-state index in [4.69, 9.17) is 0 Å². The third kappa shape index (κ3) is 6.50. The lowest BCUT2D eigenvalue weighted by Gasteiger charge is -2.32. The Hall–Kier alpha value is -3.54. The lowest BCUT2D eigenvalue weighted by molar-refractivity contribution is -0.384. The molecule has 0 saturated carbocycles. The number of carbonyl (C=O) groups is 2. The first kappa shape index (κ1) is 26.7. The molecule has 184 valence electrons. The summed E-state index contributed by atoms with van der Waals surface area (Å²) in [4.78, 5) is 37.7. The van der Waals surface area contributed by atoms with Crippen LogP contribution in [-0.4, -0.2) is 55.9 Å². The molecule has 1 atom stereocenters. The summed E-state index contributed by atoms with van der Waals surface area (Å²) in [6.45, 7) is 2.51.